The van der Waals surface area contributed by atoms with Crippen LogP contribution < -0.4 is 5.32 Å². The Morgan fingerprint density at radius 1 is 1.53 bits per heavy atom. The fourth-order valence-electron chi connectivity index (χ4n) is 2.33. The third-order valence-corrected chi connectivity index (χ3v) is 4.34. The second kappa shape index (κ2) is 5.65. The molecule has 4 heteroatoms. The zero-order valence-corrected chi connectivity index (χ0v) is 10.9. The summed E-state index contributed by atoms with van der Waals surface area (Å²) in [5, 5.41) is 14.7. The van der Waals surface area contributed by atoms with Crippen molar-refractivity contribution in [2.45, 2.75) is 51.2 Å². The number of hydrogen-bond donors (Lipinski definition) is 2. The summed E-state index contributed by atoms with van der Waals surface area (Å²) < 4.78 is 0. The van der Waals surface area contributed by atoms with Crippen LogP contribution in [0.3, 0.4) is 0 Å². The molecule has 0 saturated heterocycles. The molecule has 3 nitrogen and oxygen atoms in total. The number of rotatable bonds is 3. The topological polar surface area (TPSA) is 49.3 Å². The van der Waals surface area contributed by atoms with Gasteiger partial charge in [0.05, 0.1) is 17.0 Å². The monoisotopic (exact) mass is 253 g/mol. The van der Waals surface area contributed by atoms with E-state index >= 15 is 0 Å². The Balaban J connectivity index is 2.01. The van der Waals surface area contributed by atoms with Crippen LogP contribution >= 0.6 is 11.3 Å². The molecule has 2 N–H and O–H groups in total. The van der Waals surface area contributed by atoms with Crippen molar-refractivity contribution in [1.29, 1.82) is 0 Å². The molecule has 1 aliphatic rings. The van der Waals surface area contributed by atoms with E-state index in [1.165, 1.54) is 11.3 Å². The molecular formula is C13H19NO2S. The average molecular weight is 253 g/mol. The van der Waals surface area contributed by atoms with Gasteiger partial charge in [0.1, 0.15) is 0 Å². The number of carbonyl (C=O) groups excluding carboxylic acids is 1. The van der Waals surface area contributed by atoms with Crippen molar-refractivity contribution in [3.05, 3.63) is 21.9 Å². The molecule has 1 aromatic rings. The van der Waals surface area contributed by atoms with Gasteiger partial charge in [0.2, 0.25) is 0 Å². The Morgan fingerprint density at radius 3 is 3.00 bits per heavy atom. The molecule has 1 aromatic heterocycles. The molecule has 0 bridgehead atoms. The van der Waals surface area contributed by atoms with E-state index in [0.717, 1.165) is 42.5 Å². The van der Waals surface area contributed by atoms with Crippen LogP contribution in [0.2, 0.25) is 0 Å². The van der Waals surface area contributed by atoms with Crippen LogP contribution in [0.1, 0.15) is 47.8 Å². The second-order valence-electron chi connectivity index (χ2n) is 4.56. The van der Waals surface area contributed by atoms with Crippen LogP contribution in [-0.2, 0) is 6.42 Å². The highest BCUT2D eigenvalue weighted by Crippen LogP contribution is 2.21. The maximum absolute atomic E-state index is 12.1. The van der Waals surface area contributed by atoms with Gasteiger partial charge in [-0.1, -0.05) is 19.8 Å². The van der Waals surface area contributed by atoms with E-state index in [1.807, 2.05) is 18.4 Å². The lowest BCUT2D eigenvalue weighted by Gasteiger charge is -2.28. The molecular weight excluding hydrogens is 234 g/mol. The third-order valence-electron chi connectivity index (χ3n) is 3.38. The highest BCUT2D eigenvalue weighted by atomic mass is 32.1. The first-order chi connectivity index (χ1) is 8.22. The first-order valence-corrected chi connectivity index (χ1v) is 7.15. The summed E-state index contributed by atoms with van der Waals surface area (Å²) in [5.41, 5.74) is 1.10. The molecule has 1 fully saturated rings. The van der Waals surface area contributed by atoms with Gasteiger partial charge in [-0.3, -0.25) is 4.79 Å². The Hall–Kier alpha value is -0.870. The van der Waals surface area contributed by atoms with E-state index in [4.69, 9.17) is 0 Å². The molecule has 2 atom stereocenters. The molecule has 0 aliphatic heterocycles. The Morgan fingerprint density at radius 2 is 2.29 bits per heavy atom. The maximum Gasteiger partial charge on any atom is 0.261 e. The van der Waals surface area contributed by atoms with E-state index in [9.17, 15) is 9.90 Å². The molecule has 2 rings (SSSR count). The lowest BCUT2D eigenvalue weighted by atomic mass is 9.92. The van der Waals surface area contributed by atoms with Gasteiger partial charge < -0.3 is 10.4 Å². The van der Waals surface area contributed by atoms with Gasteiger partial charge in [0.15, 0.2) is 0 Å². The minimum absolute atomic E-state index is 0.0252. The second-order valence-corrected chi connectivity index (χ2v) is 5.48. The normalized spacial score (nSPS) is 24.6. The Labute approximate surface area is 106 Å². The predicted molar refractivity (Wildman–Crippen MR) is 69.4 cm³/mol. The summed E-state index contributed by atoms with van der Waals surface area (Å²) in [6, 6.07) is 1.93. The molecule has 1 heterocycles. The number of aryl methyl sites for hydroxylation is 1. The van der Waals surface area contributed by atoms with Crippen LogP contribution in [0.25, 0.3) is 0 Å². The third kappa shape index (κ3) is 2.87. The highest BCUT2D eigenvalue weighted by molar-refractivity contribution is 7.12. The molecule has 1 aliphatic carbocycles. The zero-order valence-electron chi connectivity index (χ0n) is 10.1. The van der Waals surface area contributed by atoms with Crippen LogP contribution in [0.5, 0.6) is 0 Å². The van der Waals surface area contributed by atoms with E-state index < -0.39 is 0 Å². The smallest absolute Gasteiger partial charge is 0.261 e. The number of aliphatic hydroxyl groups is 1. The van der Waals surface area contributed by atoms with E-state index in [0.29, 0.717) is 0 Å². The van der Waals surface area contributed by atoms with Crippen LogP contribution in [0.4, 0.5) is 0 Å². The van der Waals surface area contributed by atoms with Crippen molar-refractivity contribution in [2.24, 2.45) is 0 Å². The largest absolute Gasteiger partial charge is 0.391 e. The van der Waals surface area contributed by atoms with Crippen LogP contribution in [-0.4, -0.2) is 23.2 Å². The number of carbonyl (C=O) groups is 1. The minimum Gasteiger partial charge on any atom is -0.391 e. The van der Waals surface area contributed by atoms with Gasteiger partial charge in [-0.25, -0.2) is 0 Å². The van der Waals surface area contributed by atoms with Crippen molar-refractivity contribution < 1.29 is 9.90 Å². The minimum atomic E-state index is -0.377. The highest BCUT2D eigenvalue weighted by Gasteiger charge is 2.25. The summed E-state index contributed by atoms with van der Waals surface area (Å²) >= 11 is 1.48. The maximum atomic E-state index is 12.1. The molecule has 0 spiro atoms. The van der Waals surface area contributed by atoms with Gasteiger partial charge >= 0.3 is 0 Å². The Bertz CT molecular complexity index is 389. The standard InChI is InChI=1S/C13H19NO2S/c1-2-9-7-8-17-12(9)13(16)14-10-5-3-4-6-11(10)15/h7-8,10-11,15H,2-6H2,1H3,(H,14,16). The number of hydrogen-bond acceptors (Lipinski definition) is 3. The summed E-state index contributed by atoms with van der Waals surface area (Å²) in [4.78, 5) is 12.9. The SMILES string of the molecule is CCc1ccsc1C(=O)NC1CCCCC1O. The quantitative estimate of drug-likeness (QED) is 0.868. The molecule has 1 amide bonds. The van der Waals surface area contributed by atoms with Gasteiger partial charge in [0, 0.05) is 0 Å². The van der Waals surface area contributed by atoms with Crippen molar-refractivity contribution in [2.75, 3.05) is 0 Å². The van der Waals surface area contributed by atoms with Gasteiger partial charge in [0.25, 0.3) is 5.91 Å². The molecule has 17 heavy (non-hydrogen) atoms. The number of amides is 1. The van der Waals surface area contributed by atoms with Gasteiger partial charge in [-0.05, 0) is 36.3 Å². The number of nitrogens with one attached hydrogen (secondary N) is 1. The van der Waals surface area contributed by atoms with E-state index in [1.54, 1.807) is 0 Å². The van der Waals surface area contributed by atoms with Crippen molar-refractivity contribution in [3.63, 3.8) is 0 Å². The molecule has 0 aromatic carbocycles. The lowest BCUT2D eigenvalue weighted by Crippen LogP contribution is -2.45. The predicted octanol–water partition coefficient (Wildman–Crippen LogP) is 2.34. The fraction of sp³-hybridized carbons (Fsp3) is 0.615. The first-order valence-electron chi connectivity index (χ1n) is 6.27. The fourth-order valence-corrected chi connectivity index (χ4v) is 3.23. The van der Waals surface area contributed by atoms with E-state index in [2.05, 4.69) is 5.32 Å². The summed E-state index contributed by atoms with van der Waals surface area (Å²) in [7, 11) is 0. The number of thiophene rings is 1. The van der Waals surface area contributed by atoms with Crippen molar-refractivity contribution in [3.8, 4) is 0 Å². The first kappa shape index (κ1) is 12.6. The van der Waals surface area contributed by atoms with Gasteiger partial charge in [-0.15, -0.1) is 11.3 Å². The zero-order chi connectivity index (χ0) is 12.3. The number of aliphatic hydroxyl groups excluding tert-OH is 1. The Kier molecular flexibility index (Phi) is 4.18. The van der Waals surface area contributed by atoms with Crippen molar-refractivity contribution in [1.82, 2.24) is 5.32 Å². The molecule has 0 radical (unpaired) electrons. The molecule has 1 saturated carbocycles. The summed E-state index contributed by atoms with van der Waals surface area (Å²) in [6.07, 6.45) is 4.34. The molecule has 2 unspecified atom stereocenters. The van der Waals surface area contributed by atoms with Crippen LogP contribution in [0, 0.1) is 0 Å². The summed E-state index contributed by atoms with van der Waals surface area (Å²) in [6.45, 7) is 2.05. The lowest BCUT2D eigenvalue weighted by molar-refractivity contribution is 0.0719. The average Bonchev–Trinajstić information content (AvgIpc) is 2.80. The molecule has 94 valence electrons. The van der Waals surface area contributed by atoms with Gasteiger partial charge in [-0.2, -0.15) is 0 Å². The van der Waals surface area contributed by atoms with E-state index in [-0.39, 0.29) is 18.1 Å². The van der Waals surface area contributed by atoms with Crippen LogP contribution in [0.15, 0.2) is 11.4 Å². The summed E-state index contributed by atoms with van der Waals surface area (Å²) in [5.74, 6) is -0.0252. The van der Waals surface area contributed by atoms with Crippen molar-refractivity contribution >= 4 is 17.2 Å².